The van der Waals surface area contributed by atoms with E-state index in [4.69, 9.17) is 9.47 Å². The number of hydrogen-bond donors (Lipinski definition) is 0. The normalized spacial score (nSPS) is 31.4. The third-order valence-corrected chi connectivity index (χ3v) is 5.62. The van der Waals surface area contributed by atoms with Crippen LogP contribution in [0.15, 0.2) is 12.2 Å². The molecule has 3 rings (SSSR count). The summed E-state index contributed by atoms with van der Waals surface area (Å²) in [4.78, 5) is 24.0. The minimum absolute atomic E-state index is 0.00263. The second kappa shape index (κ2) is 6.43. The Labute approximate surface area is 132 Å². The van der Waals surface area contributed by atoms with Crippen molar-refractivity contribution in [3.05, 3.63) is 12.2 Å². The molecule has 4 heteroatoms. The average Bonchev–Trinajstić information content (AvgIpc) is 3.23. The number of carbonyl (C=O) groups is 2. The van der Waals surface area contributed by atoms with Crippen LogP contribution in [0.5, 0.6) is 0 Å². The van der Waals surface area contributed by atoms with Gasteiger partial charge < -0.3 is 9.47 Å². The lowest BCUT2D eigenvalue weighted by molar-refractivity contribution is -0.162. The highest BCUT2D eigenvalue weighted by Gasteiger charge is 2.41. The van der Waals surface area contributed by atoms with Gasteiger partial charge in [-0.15, -0.1) is 0 Å². The van der Waals surface area contributed by atoms with Crippen molar-refractivity contribution in [2.45, 2.75) is 63.9 Å². The molecule has 0 aromatic rings. The first-order chi connectivity index (χ1) is 10.6. The summed E-state index contributed by atoms with van der Waals surface area (Å²) in [5.41, 5.74) is -0.253. The molecule has 0 amide bonds. The number of rotatable bonds is 6. The van der Waals surface area contributed by atoms with Gasteiger partial charge in [0, 0.05) is 0 Å². The lowest BCUT2D eigenvalue weighted by atomic mass is 9.94. The van der Waals surface area contributed by atoms with Crippen LogP contribution in [0.2, 0.25) is 0 Å². The first-order valence-electron chi connectivity index (χ1n) is 8.69. The molecule has 0 saturated heterocycles. The Morgan fingerprint density at radius 1 is 1.18 bits per heavy atom. The van der Waals surface area contributed by atoms with Crippen molar-refractivity contribution >= 4 is 11.9 Å². The fourth-order valence-corrected chi connectivity index (χ4v) is 4.23. The highest BCUT2D eigenvalue weighted by molar-refractivity contribution is 5.75. The number of hydrogen-bond acceptors (Lipinski definition) is 4. The van der Waals surface area contributed by atoms with Gasteiger partial charge in [0.15, 0.2) is 0 Å². The second-order valence-corrected chi connectivity index (χ2v) is 7.02. The van der Waals surface area contributed by atoms with Gasteiger partial charge in [0.1, 0.15) is 12.2 Å². The van der Waals surface area contributed by atoms with Crippen molar-refractivity contribution in [2.24, 2.45) is 17.8 Å². The number of esters is 2. The van der Waals surface area contributed by atoms with E-state index >= 15 is 0 Å². The van der Waals surface area contributed by atoms with Crippen LogP contribution in [0, 0.1) is 17.8 Å². The highest BCUT2D eigenvalue weighted by atomic mass is 16.6. The minimum Gasteiger partial charge on any atom is -0.465 e. The summed E-state index contributed by atoms with van der Waals surface area (Å²) < 4.78 is 11.0. The van der Waals surface area contributed by atoms with Crippen molar-refractivity contribution < 1.29 is 19.1 Å². The second-order valence-electron chi connectivity index (χ2n) is 7.02. The molecule has 0 aliphatic heterocycles. The number of allylic oxidation sites excluding steroid dienone is 2. The topological polar surface area (TPSA) is 52.6 Å². The fraction of sp³-hybridized carbons (Fsp3) is 0.778. The number of carbonyl (C=O) groups excluding carboxylic acids is 2. The van der Waals surface area contributed by atoms with E-state index in [1.165, 1.54) is 0 Å². The van der Waals surface area contributed by atoms with Crippen LogP contribution in [0.4, 0.5) is 0 Å². The molecule has 2 fully saturated rings. The number of fused-ring (bicyclic) bond motifs is 2. The number of ether oxygens (including phenoxy) is 2. The van der Waals surface area contributed by atoms with E-state index in [1.807, 2.05) is 0 Å². The van der Waals surface area contributed by atoms with Crippen LogP contribution >= 0.6 is 0 Å². The largest absolute Gasteiger partial charge is 0.465 e. The maximum atomic E-state index is 12.1. The fourth-order valence-electron chi connectivity index (χ4n) is 4.23. The predicted molar refractivity (Wildman–Crippen MR) is 82.0 cm³/mol. The zero-order valence-corrected chi connectivity index (χ0v) is 13.4. The molecular formula is C18H26O4. The van der Waals surface area contributed by atoms with Gasteiger partial charge in [-0.2, -0.15) is 0 Å². The van der Waals surface area contributed by atoms with Gasteiger partial charge in [-0.25, -0.2) is 0 Å². The van der Waals surface area contributed by atoms with Crippen molar-refractivity contribution in [3.8, 4) is 0 Å². The molecule has 4 nitrogen and oxygen atoms in total. The maximum Gasteiger partial charge on any atom is 0.309 e. The van der Waals surface area contributed by atoms with E-state index in [2.05, 4.69) is 19.1 Å². The zero-order chi connectivity index (χ0) is 15.6. The van der Waals surface area contributed by atoms with Crippen LogP contribution in [0.3, 0.4) is 0 Å². The van der Waals surface area contributed by atoms with Gasteiger partial charge in [-0.3, -0.25) is 9.59 Å². The van der Waals surface area contributed by atoms with Crippen molar-refractivity contribution in [3.63, 3.8) is 0 Å². The van der Waals surface area contributed by atoms with Crippen LogP contribution in [-0.2, 0) is 19.1 Å². The quantitative estimate of drug-likeness (QED) is 0.557. The summed E-state index contributed by atoms with van der Waals surface area (Å²) in [6.45, 7) is 2.22. The van der Waals surface area contributed by atoms with Gasteiger partial charge in [0.05, 0.1) is 12.3 Å². The molecule has 0 aromatic carbocycles. The SMILES string of the molecule is CCC1(OC(=O)CCOC(=O)C2CC3C=CC2C3)CCCC1. The van der Waals surface area contributed by atoms with Crippen LogP contribution in [0.1, 0.15) is 58.3 Å². The Bertz CT molecular complexity index is 462. The Morgan fingerprint density at radius 3 is 2.55 bits per heavy atom. The molecule has 22 heavy (non-hydrogen) atoms. The maximum absolute atomic E-state index is 12.1. The van der Waals surface area contributed by atoms with Gasteiger partial charge in [0.2, 0.25) is 0 Å². The Hall–Kier alpha value is -1.32. The van der Waals surface area contributed by atoms with E-state index in [0.29, 0.717) is 11.8 Å². The Kier molecular flexibility index (Phi) is 4.55. The minimum atomic E-state index is -0.253. The van der Waals surface area contributed by atoms with Crippen LogP contribution in [-0.4, -0.2) is 24.1 Å². The van der Waals surface area contributed by atoms with E-state index in [1.54, 1.807) is 0 Å². The summed E-state index contributed by atoms with van der Waals surface area (Å²) in [5.74, 6) is 0.536. The molecule has 3 aliphatic rings. The first kappa shape index (κ1) is 15.6. The smallest absolute Gasteiger partial charge is 0.309 e. The average molecular weight is 306 g/mol. The van der Waals surface area contributed by atoms with Crippen molar-refractivity contribution in [1.29, 1.82) is 0 Å². The van der Waals surface area contributed by atoms with Gasteiger partial charge in [-0.05, 0) is 56.8 Å². The molecule has 2 bridgehead atoms. The molecule has 3 atom stereocenters. The van der Waals surface area contributed by atoms with Crippen molar-refractivity contribution in [1.82, 2.24) is 0 Å². The van der Waals surface area contributed by atoms with Crippen LogP contribution in [0.25, 0.3) is 0 Å². The lowest BCUT2D eigenvalue weighted by Crippen LogP contribution is -2.31. The molecule has 122 valence electrons. The molecule has 3 aliphatic carbocycles. The lowest BCUT2D eigenvalue weighted by Gasteiger charge is -2.27. The summed E-state index contributed by atoms with van der Waals surface area (Å²) in [5, 5.41) is 0. The van der Waals surface area contributed by atoms with Crippen molar-refractivity contribution in [2.75, 3.05) is 6.61 Å². The molecule has 0 radical (unpaired) electrons. The standard InChI is InChI=1S/C18H26O4/c1-2-18(8-3-4-9-18)22-16(19)7-10-21-17(20)15-12-13-5-6-14(15)11-13/h5-6,13-15H,2-4,7-12H2,1H3. The third kappa shape index (κ3) is 3.21. The molecule has 3 unspecified atom stereocenters. The molecule has 0 spiro atoms. The van der Waals surface area contributed by atoms with Gasteiger partial charge >= 0.3 is 11.9 Å². The predicted octanol–water partition coefficient (Wildman–Crippen LogP) is 3.40. The summed E-state index contributed by atoms with van der Waals surface area (Å²) in [7, 11) is 0. The van der Waals surface area contributed by atoms with E-state index < -0.39 is 0 Å². The third-order valence-electron chi connectivity index (χ3n) is 5.62. The molecule has 2 saturated carbocycles. The Morgan fingerprint density at radius 2 is 1.95 bits per heavy atom. The van der Waals surface area contributed by atoms with E-state index in [9.17, 15) is 9.59 Å². The van der Waals surface area contributed by atoms with Crippen LogP contribution < -0.4 is 0 Å². The molecule has 0 heterocycles. The molecule has 0 N–H and O–H groups in total. The summed E-state index contributed by atoms with van der Waals surface area (Å²) in [6.07, 6.45) is 11.6. The summed E-state index contributed by atoms with van der Waals surface area (Å²) in [6, 6.07) is 0. The molecule has 0 aromatic heterocycles. The van der Waals surface area contributed by atoms with E-state index in [0.717, 1.165) is 44.9 Å². The Balaban J connectivity index is 1.38. The summed E-state index contributed by atoms with van der Waals surface area (Å²) >= 11 is 0. The first-order valence-corrected chi connectivity index (χ1v) is 8.69. The van der Waals surface area contributed by atoms with E-state index in [-0.39, 0.29) is 36.5 Å². The monoisotopic (exact) mass is 306 g/mol. The molecular weight excluding hydrogens is 280 g/mol. The van der Waals surface area contributed by atoms with Gasteiger partial charge in [-0.1, -0.05) is 19.1 Å². The van der Waals surface area contributed by atoms with Gasteiger partial charge in [0.25, 0.3) is 0 Å². The zero-order valence-electron chi connectivity index (χ0n) is 13.4. The highest BCUT2D eigenvalue weighted by Crippen LogP contribution is 2.43.